The van der Waals surface area contributed by atoms with Crippen LogP contribution in [-0.4, -0.2) is 57.8 Å². The summed E-state index contributed by atoms with van der Waals surface area (Å²) in [5.74, 6) is 4.46. The molecule has 0 fully saturated rings. The van der Waals surface area contributed by atoms with Crippen molar-refractivity contribution in [3.8, 4) is 45.9 Å². The summed E-state index contributed by atoms with van der Waals surface area (Å²) in [4.78, 5) is 4.60. The molecular formula is C21H25N3O6. The average molecular weight is 415 g/mol. The number of H-pyrrole nitrogens is 1. The molecule has 9 heteroatoms. The van der Waals surface area contributed by atoms with Crippen LogP contribution in [0.1, 0.15) is 11.4 Å². The van der Waals surface area contributed by atoms with Crippen molar-refractivity contribution in [2.75, 3.05) is 42.7 Å². The van der Waals surface area contributed by atoms with Crippen molar-refractivity contribution in [2.45, 2.75) is 6.42 Å². The number of nitrogens with zero attached hydrogens (tertiary/aromatic N) is 2. The van der Waals surface area contributed by atoms with Crippen LogP contribution in [0.5, 0.6) is 34.5 Å². The van der Waals surface area contributed by atoms with Crippen LogP contribution in [0.3, 0.4) is 0 Å². The number of aromatic amines is 1. The van der Waals surface area contributed by atoms with Gasteiger partial charge < -0.3 is 28.4 Å². The number of hydrogen-bond donors (Lipinski definition) is 1. The van der Waals surface area contributed by atoms with Gasteiger partial charge in [-0.05, 0) is 29.8 Å². The van der Waals surface area contributed by atoms with Crippen molar-refractivity contribution in [1.82, 2.24) is 15.2 Å². The molecule has 0 unspecified atom stereocenters. The Morgan fingerprint density at radius 1 is 0.667 bits per heavy atom. The first kappa shape index (κ1) is 21.1. The predicted octanol–water partition coefficient (Wildman–Crippen LogP) is 3.11. The van der Waals surface area contributed by atoms with E-state index in [1.807, 2.05) is 12.1 Å². The molecule has 3 aromatic rings. The van der Waals surface area contributed by atoms with Gasteiger partial charge in [-0.2, -0.15) is 5.10 Å². The molecule has 0 aliphatic carbocycles. The van der Waals surface area contributed by atoms with E-state index >= 15 is 0 Å². The molecule has 0 saturated heterocycles. The standard InChI is InChI=1S/C21H25N3O6/c1-25-14-7-12(8-15(26-2)19(14)29-5)9-18-22-21(24-23-18)13-10-16(27-3)20(30-6)17(11-13)28-4/h7-8,10-11H,9H2,1-6H3,(H,22,23,24). The smallest absolute Gasteiger partial charge is 0.203 e. The third kappa shape index (κ3) is 4.05. The zero-order chi connectivity index (χ0) is 21.7. The lowest BCUT2D eigenvalue weighted by Gasteiger charge is -2.13. The van der Waals surface area contributed by atoms with Crippen LogP contribution in [0, 0.1) is 0 Å². The molecule has 0 aliphatic rings. The molecule has 9 nitrogen and oxygen atoms in total. The summed E-state index contributed by atoms with van der Waals surface area (Å²) in [5, 5.41) is 7.31. The Morgan fingerprint density at radius 2 is 1.13 bits per heavy atom. The summed E-state index contributed by atoms with van der Waals surface area (Å²) in [7, 11) is 9.42. The molecule has 0 bridgehead atoms. The molecule has 2 aromatic carbocycles. The van der Waals surface area contributed by atoms with E-state index in [0.29, 0.717) is 52.6 Å². The highest BCUT2D eigenvalue weighted by atomic mass is 16.5. The molecule has 0 spiro atoms. The van der Waals surface area contributed by atoms with Gasteiger partial charge in [0.2, 0.25) is 11.5 Å². The van der Waals surface area contributed by atoms with E-state index in [1.54, 1.807) is 54.8 Å². The van der Waals surface area contributed by atoms with Crippen LogP contribution in [0.15, 0.2) is 24.3 Å². The highest BCUT2D eigenvalue weighted by Gasteiger charge is 2.18. The van der Waals surface area contributed by atoms with Crippen molar-refractivity contribution in [3.05, 3.63) is 35.7 Å². The first-order chi connectivity index (χ1) is 14.6. The molecule has 1 aromatic heterocycles. The number of aromatic nitrogens is 3. The highest BCUT2D eigenvalue weighted by Crippen LogP contribution is 2.41. The van der Waals surface area contributed by atoms with Gasteiger partial charge in [0, 0.05) is 12.0 Å². The fourth-order valence-electron chi connectivity index (χ4n) is 3.14. The van der Waals surface area contributed by atoms with Crippen molar-refractivity contribution in [2.24, 2.45) is 0 Å². The molecule has 0 radical (unpaired) electrons. The molecule has 0 aliphatic heterocycles. The van der Waals surface area contributed by atoms with Crippen LogP contribution < -0.4 is 28.4 Å². The lowest BCUT2D eigenvalue weighted by Crippen LogP contribution is -1.98. The Morgan fingerprint density at radius 3 is 1.57 bits per heavy atom. The zero-order valence-electron chi connectivity index (χ0n) is 17.9. The number of rotatable bonds is 9. The monoisotopic (exact) mass is 415 g/mol. The Balaban J connectivity index is 1.93. The molecule has 1 heterocycles. The molecule has 1 N–H and O–H groups in total. The first-order valence-corrected chi connectivity index (χ1v) is 9.09. The molecule has 0 atom stereocenters. The molecule has 0 saturated carbocycles. The quantitative estimate of drug-likeness (QED) is 0.569. The fraction of sp³-hybridized carbons (Fsp3) is 0.333. The van der Waals surface area contributed by atoms with Gasteiger partial charge in [0.05, 0.1) is 42.7 Å². The molecule has 160 valence electrons. The fourth-order valence-corrected chi connectivity index (χ4v) is 3.14. The second-order valence-electron chi connectivity index (χ2n) is 6.23. The Labute approximate surface area is 174 Å². The summed E-state index contributed by atoms with van der Waals surface area (Å²) < 4.78 is 32.4. The predicted molar refractivity (Wildman–Crippen MR) is 110 cm³/mol. The SMILES string of the molecule is COc1cc(Cc2nc(-c3cc(OC)c(OC)c(OC)c3)n[nH]2)cc(OC)c1OC. The molecular weight excluding hydrogens is 390 g/mol. The second kappa shape index (κ2) is 9.25. The van der Waals surface area contributed by atoms with E-state index in [4.69, 9.17) is 28.4 Å². The number of hydrogen-bond acceptors (Lipinski definition) is 8. The van der Waals surface area contributed by atoms with Gasteiger partial charge in [0.15, 0.2) is 28.8 Å². The van der Waals surface area contributed by atoms with E-state index in [0.717, 1.165) is 11.1 Å². The van der Waals surface area contributed by atoms with E-state index in [9.17, 15) is 0 Å². The van der Waals surface area contributed by atoms with E-state index < -0.39 is 0 Å². The largest absolute Gasteiger partial charge is 0.493 e. The minimum Gasteiger partial charge on any atom is -0.493 e. The summed E-state index contributed by atoms with van der Waals surface area (Å²) in [6.07, 6.45) is 0.494. The Kier molecular flexibility index (Phi) is 6.51. The first-order valence-electron chi connectivity index (χ1n) is 9.09. The Hall–Kier alpha value is -3.62. The van der Waals surface area contributed by atoms with Crippen LogP contribution >= 0.6 is 0 Å². The van der Waals surface area contributed by atoms with Crippen LogP contribution in [-0.2, 0) is 6.42 Å². The van der Waals surface area contributed by atoms with Crippen molar-refractivity contribution >= 4 is 0 Å². The number of benzene rings is 2. The van der Waals surface area contributed by atoms with E-state index in [1.165, 1.54) is 0 Å². The maximum Gasteiger partial charge on any atom is 0.203 e. The van der Waals surface area contributed by atoms with Gasteiger partial charge in [-0.15, -0.1) is 0 Å². The number of ether oxygens (including phenoxy) is 6. The molecule has 30 heavy (non-hydrogen) atoms. The van der Waals surface area contributed by atoms with Crippen molar-refractivity contribution in [3.63, 3.8) is 0 Å². The van der Waals surface area contributed by atoms with Crippen LogP contribution in [0.4, 0.5) is 0 Å². The van der Waals surface area contributed by atoms with Gasteiger partial charge >= 0.3 is 0 Å². The van der Waals surface area contributed by atoms with Crippen molar-refractivity contribution < 1.29 is 28.4 Å². The number of methoxy groups -OCH3 is 6. The minimum absolute atomic E-state index is 0.494. The van der Waals surface area contributed by atoms with Gasteiger partial charge in [-0.3, -0.25) is 5.10 Å². The van der Waals surface area contributed by atoms with E-state index in [2.05, 4.69) is 15.2 Å². The van der Waals surface area contributed by atoms with Crippen molar-refractivity contribution in [1.29, 1.82) is 0 Å². The van der Waals surface area contributed by atoms with Gasteiger partial charge in [0.25, 0.3) is 0 Å². The van der Waals surface area contributed by atoms with Crippen LogP contribution in [0.2, 0.25) is 0 Å². The van der Waals surface area contributed by atoms with E-state index in [-0.39, 0.29) is 0 Å². The summed E-state index contributed by atoms with van der Waals surface area (Å²) in [6.45, 7) is 0. The molecule has 3 rings (SSSR count). The zero-order valence-corrected chi connectivity index (χ0v) is 17.9. The topological polar surface area (TPSA) is 97.0 Å². The lowest BCUT2D eigenvalue weighted by atomic mass is 10.1. The number of nitrogens with one attached hydrogen (secondary N) is 1. The lowest BCUT2D eigenvalue weighted by molar-refractivity contribution is 0.324. The normalized spacial score (nSPS) is 10.5. The second-order valence-corrected chi connectivity index (χ2v) is 6.23. The van der Waals surface area contributed by atoms with Gasteiger partial charge in [0.1, 0.15) is 5.82 Å². The Bertz CT molecular complexity index is 968. The molecule has 0 amide bonds. The van der Waals surface area contributed by atoms with Gasteiger partial charge in [-0.25, -0.2) is 4.98 Å². The third-order valence-electron chi connectivity index (χ3n) is 4.55. The summed E-state index contributed by atoms with van der Waals surface area (Å²) in [6, 6.07) is 7.35. The highest BCUT2D eigenvalue weighted by molar-refractivity contribution is 5.66. The maximum absolute atomic E-state index is 5.41. The summed E-state index contributed by atoms with van der Waals surface area (Å²) in [5.41, 5.74) is 1.66. The van der Waals surface area contributed by atoms with Gasteiger partial charge in [-0.1, -0.05) is 0 Å². The van der Waals surface area contributed by atoms with Crippen LogP contribution in [0.25, 0.3) is 11.4 Å². The third-order valence-corrected chi connectivity index (χ3v) is 4.55. The maximum atomic E-state index is 5.41. The minimum atomic E-state index is 0.494. The average Bonchev–Trinajstić information content (AvgIpc) is 3.25. The summed E-state index contributed by atoms with van der Waals surface area (Å²) >= 11 is 0.